The van der Waals surface area contributed by atoms with Gasteiger partial charge in [0, 0.05) is 45.7 Å². The van der Waals surface area contributed by atoms with Gasteiger partial charge in [0.05, 0.1) is 12.1 Å². The van der Waals surface area contributed by atoms with E-state index in [1.807, 2.05) is 11.8 Å². The number of aryl methyl sites for hydroxylation is 2. The Bertz CT molecular complexity index is 601. The van der Waals surface area contributed by atoms with Crippen LogP contribution in [-0.2, 0) is 18.4 Å². The normalized spacial score (nSPS) is 20.0. The number of aromatic nitrogens is 3. The number of β-amino-alcohol motifs (C(OH)–C–C–N with tert-alkyl or cyclic N) is 1. The van der Waals surface area contributed by atoms with Gasteiger partial charge in [-0.05, 0) is 20.8 Å². The van der Waals surface area contributed by atoms with Crippen molar-refractivity contribution in [1.82, 2.24) is 24.1 Å². The van der Waals surface area contributed by atoms with E-state index in [-0.39, 0.29) is 24.1 Å². The minimum absolute atomic E-state index is 0.0398. The van der Waals surface area contributed by atoms with Crippen LogP contribution in [0.25, 0.3) is 0 Å². The first-order valence-electron chi connectivity index (χ1n) is 8.00. The van der Waals surface area contributed by atoms with Crippen LogP contribution < -0.4 is 5.69 Å². The Kier molecular flexibility index (Phi) is 5.26. The third-order valence-electron chi connectivity index (χ3n) is 4.07. The SMILES string of the molecule is CC1CN(CC(C)(C)O)CCN1C(=O)CCn1ncn(C)c1=O. The van der Waals surface area contributed by atoms with Gasteiger partial charge >= 0.3 is 5.69 Å². The summed E-state index contributed by atoms with van der Waals surface area (Å²) in [5.74, 6) is 0.0398. The summed E-state index contributed by atoms with van der Waals surface area (Å²) in [5, 5.41) is 13.9. The maximum atomic E-state index is 12.4. The van der Waals surface area contributed by atoms with E-state index in [4.69, 9.17) is 0 Å². The second kappa shape index (κ2) is 6.84. The molecule has 0 aliphatic carbocycles. The number of amides is 1. The lowest BCUT2D eigenvalue weighted by molar-refractivity contribution is -0.136. The highest BCUT2D eigenvalue weighted by Gasteiger charge is 2.29. The summed E-state index contributed by atoms with van der Waals surface area (Å²) in [6.07, 6.45) is 1.72. The molecule has 23 heavy (non-hydrogen) atoms. The summed E-state index contributed by atoms with van der Waals surface area (Å²) in [5.41, 5.74) is -0.938. The zero-order valence-corrected chi connectivity index (χ0v) is 14.4. The second-order valence-electron chi connectivity index (χ2n) is 6.98. The van der Waals surface area contributed by atoms with Gasteiger partial charge in [-0.25, -0.2) is 9.48 Å². The van der Waals surface area contributed by atoms with Gasteiger partial charge in [-0.3, -0.25) is 14.3 Å². The lowest BCUT2D eigenvalue weighted by atomic mass is 10.1. The average molecular weight is 325 g/mol. The van der Waals surface area contributed by atoms with Crippen LogP contribution in [0.15, 0.2) is 11.1 Å². The van der Waals surface area contributed by atoms with E-state index in [2.05, 4.69) is 10.00 Å². The summed E-state index contributed by atoms with van der Waals surface area (Å²) >= 11 is 0. The van der Waals surface area contributed by atoms with Crippen LogP contribution in [0.4, 0.5) is 0 Å². The van der Waals surface area contributed by atoms with Crippen LogP contribution in [0.2, 0.25) is 0 Å². The van der Waals surface area contributed by atoms with Gasteiger partial charge in [0.2, 0.25) is 5.91 Å². The number of piperazine rings is 1. The van der Waals surface area contributed by atoms with E-state index in [1.165, 1.54) is 15.6 Å². The fraction of sp³-hybridized carbons (Fsp3) is 0.800. The van der Waals surface area contributed by atoms with Crippen molar-refractivity contribution in [2.75, 3.05) is 26.2 Å². The van der Waals surface area contributed by atoms with E-state index in [1.54, 1.807) is 20.9 Å². The first-order chi connectivity index (χ1) is 10.7. The molecule has 1 aromatic heterocycles. The number of carbonyl (C=O) groups is 1. The van der Waals surface area contributed by atoms with Gasteiger partial charge in [0.25, 0.3) is 0 Å². The Hall–Kier alpha value is -1.67. The first kappa shape index (κ1) is 17.7. The molecule has 0 saturated carbocycles. The van der Waals surface area contributed by atoms with Crippen LogP contribution in [0, 0.1) is 0 Å². The molecule has 8 nitrogen and oxygen atoms in total. The van der Waals surface area contributed by atoms with Crippen molar-refractivity contribution >= 4 is 5.91 Å². The molecular weight excluding hydrogens is 298 g/mol. The number of nitrogens with zero attached hydrogens (tertiary/aromatic N) is 5. The van der Waals surface area contributed by atoms with Crippen molar-refractivity contribution in [2.24, 2.45) is 7.05 Å². The Labute approximate surface area is 136 Å². The zero-order chi connectivity index (χ0) is 17.2. The predicted octanol–water partition coefficient (Wildman–Crippen LogP) is -0.724. The fourth-order valence-electron chi connectivity index (χ4n) is 3.01. The molecule has 1 atom stereocenters. The molecule has 0 aromatic carbocycles. The molecule has 1 N–H and O–H groups in total. The molecule has 0 bridgehead atoms. The fourth-order valence-corrected chi connectivity index (χ4v) is 3.01. The third kappa shape index (κ3) is 4.65. The molecule has 8 heteroatoms. The monoisotopic (exact) mass is 325 g/mol. The Morgan fingerprint density at radius 2 is 2.13 bits per heavy atom. The van der Waals surface area contributed by atoms with Gasteiger partial charge < -0.3 is 10.0 Å². The number of hydrogen-bond donors (Lipinski definition) is 1. The minimum Gasteiger partial charge on any atom is -0.389 e. The van der Waals surface area contributed by atoms with Crippen LogP contribution in [0.1, 0.15) is 27.2 Å². The maximum absolute atomic E-state index is 12.4. The number of carbonyl (C=O) groups excluding carboxylic acids is 1. The lowest BCUT2D eigenvalue weighted by Gasteiger charge is -2.41. The predicted molar refractivity (Wildman–Crippen MR) is 86.0 cm³/mol. The van der Waals surface area contributed by atoms with Crippen molar-refractivity contribution < 1.29 is 9.90 Å². The minimum atomic E-state index is -0.730. The topological polar surface area (TPSA) is 83.6 Å². The van der Waals surface area contributed by atoms with Crippen molar-refractivity contribution in [3.63, 3.8) is 0 Å². The molecule has 1 aliphatic heterocycles. The zero-order valence-electron chi connectivity index (χ0n) is 14.4. The van der Waals surface area contributed by atoms with Crippen LogP contribution in [0.5, 0.6) is 0 Å². The molecule has 2 rings (SSSR count). The van der Waals surface area contributed by atoms with Crippen molar-refractivity contribution in [3.8, 4) is 0 Å². The molecule has 1 unspecified atom stereocenters. The van der Waals surface area contributed by atoms with Crippen molar-refractivity contribution in [2.45, 2.75) is 45.4 Å². The number of rotatable bonds is 5. The van der Waals surface area contributed by atoms with E-state index in [9.17, 15) is 14.7 Å². The molecule has 1 aromatic rings. The Balaban J connectivity index is 1.86. The highest BCUT2D eigenvalue weighted by Crippen LogP contribution is 2.14. The summed E-state index contributed by atoms with van der Waals surface area (Å²) in [7, 11) is 1.64. The summed E-state index contributed by atoms with van der Waals surface area (Å²) in [4.78, 5) is 28.1. The highest BCUT2D eigenvalue weighted by atomic mass is 16.3. The molecular formula is C15H27N5O3. The molecule has 2 heterocycles. The average Bonchev–Trinajstić information content (AvgIpc) is 2.74. The van der Waals surface area contributed by atoms with Crippen LogP contribution >= 0.6 is 0 Å². The van der Waals surface area contributed by atoms with Gasteiger partial charge in [-0.2, -0.15) is 5.10 Å². The summed E-state index contributed by atoms with van der Waals surface area (Å²) in [6, 6.07) is 0.0963. The van der Waals surface area contributed by atoms with E-state index in [0.717, 1.165) is 13.1 Å². The molecule has 1 aliphatic rings. The van der Waals surface area contributed by atoms with Gasteiger partial charge in [-0.1, -0.05) is 0 Å². The molecule has 1 amide bonds. The van der Waals surface area contributed by atoms with E-state index >= 15 is 0 Å². The van der Waals surface area contributed by atoms with Crippen LogP contribution in [0.3, 0.4) is 0 Å². The number of aliphatic hydroxyl groups is 1. The van der Waals surface area contributed by atoms with E-state index < -0.39 is 5.60 Å². The Morgan fingerprint density at radius 1 is 1.43 bits per heavy atom. The van der Waals surface area contributed by atoms with Gasteiger partial charge in [0.15, 0.2) is 0 Å². The Morgan fingerprint density at radius 3 is 2.65 bits per heavy atom. The summed E-state index contributed by atoms with van der Waals surface area (Å²) in [6.45, 7) is 8.65. The molecule has 0 spiro atoms. The third-order valence-corrected chi connectivity index (χ3v) is 4.07. The number of hydrogen-bond acceptors (Lipinski definition) is 5. The molecule has 0 radical (unpaired) electrons. The second-order valence-corrected chi connectivity index (χ2v) is 6.98. The van der Waals surface area contributed by atoms with Gasteiger partial charge in [0.1, 0.15) is 6.33 Å². The molecule has 130 valence electrons. The quantitative estimate of drug-likeness (QED) is 0.772. The maximum Gasteiger partial charge on any atom is 0.345 e. The highest BCUT2D eigenvalue weighted by molar-refractivity contribution is 5.76. The lowest BCUT2D eigenvalue weighted by Crippen LogP contribution is -2.56. The standard InChI is InChI=1S/C15H27N5O3/c1-12-9-18(10-15(2,3)23)7-8-19(12)13(21)5-6-20-14(22)17(4)11-16-20/h11-12,23H,5-10H2,1-4H3. The van der Waals surface area contributed by atoms with Crippen LogP contribution in [-0.4, -0.2) is 73.0 Å². The smallest absolute Gasteiger partial charge is 0.345 e. The van der Waals surface area contributed by atoms with E-state index in [0.29, 0.717) is 19.6 Å². The van der Waals surface area contributed by atoms with Gasteiger partial charge in [-0.15, -0.1) is 0 Å². The molecule has 1 fully saturated rings. The molecule has 1 saturated heterocycles. The largest absolute Gasteiger partial charge is 0.389 e. The van der Waals surface area contributed by atoms with Crippen molar-refractivity contribution in [1.29, 1.82) is 0 Å². The summed E-state index contributed by atoms with van der Waals surface area (Å²) < 4.78 is 2.70. The van der Waals surface area contributed by atoms with Crippen molar-refractivity contribution in [3.05, 3.63) is 16.8 Å². The first-order valence-corrected chi connectivity index (χ1v) is 8.00.